The monoisotopic (exact) mass is 409 g/mol. The number of nitrogens with one attached hydrogen (secondary N) is 1. The van der Waals surface area contributed by atoms with Crippen molar-refractivity contribution in [3.63, 3.8) is 0 Å². The first-order valence-corrected chi connectivity index (χ1v) is 9.34. The van der Waals surface area contributed by atoms with Crippen LogP contribution in [0.15, 0.2) is 53.4 Å². The summed E-state index contributed by atoms with van der Waals surface area (Å²) in [6, 6.07) is 14.0. The maximum atomic E-state index is 12.0. The van der Waals surface area contributed by atoms with Crippen LogP contribution in [0.25, 0.3) is 0 Å². The predicted molar refractivity (Wildman–Crippen MR) is 112 cm³/mol. The Bertz CT molecular complexity index is 752. The van der Waals surface area contributed by atoms with E-state index in [1.54, 1.807) is 12.1 Å². The van der Waals surface area contributed by atoms with E-state index in [1.165, 1.54) is 29.5 Å². The molecule has 0 aliphatic carbocycles. The topological polar surface area (TPSA) is 98.3 Å². The van der Waals surface area contributed by atoms with E-state index >= 15 is 0 Å². The molecule has 1 atom stereocenters. The van der Waals surface area contributed by atoms with Crippen molar-refractivity contribution in [2.75, 3.05) is 12.3 Å². The molecule has 3 N–H and O–H groups in total. The maximum absolute atomic E-state index is 12.0. The molecule has 0 radical (unpaired) electrons. The number of carbonyl (C=O) groups is 1. The Morgan fingerprint density at radius 3 is 2.19 bits per heavy atom. The number of amides is 1. The summed E-state index contributed by atoms with van der Waals surface area (Å²) in [6.45, 7) is 4.64. The minimum atomic E-state index is -0.448. The minimum Gasteiger partial charge on any atom is -0.353 e. The van der Waals surface area contributed by atoms with Crippen molar-refractivity contribution < 1.29 is 9.72 Å². The van der Waals surface area contributed by atoms with Gasteiger partial charge < -0.3 is 11.1 Å². The zero-order chi connectivity index (χ0) is 19.1. The number of hydrogen-bond donors (Lipinski definition) is 2. The number of carbonyl (C=O) groups excluding carboxylic acids is 1. The molecule has 0 spiro atoms. The Labute approximate surface area is 169 Å². The Kier molecular flexibility index (Phi) is 9.28. The van der Waals surface area contributed by atoms with Crippen molar-refractivity contribution in [1.82, 2.24) is 5.32 Å². The van der Waals surface area contributed by atoms with Crippen LogP contribution in [0.2, 0.25) is 0 Å². The highest BCUT2D eigenvalue weighted by Crippen LogP contribution is 2.21. The fourth-order valence-corrected chi connectivity index (χ4v) is 3.06. The van der Waals surface area contributed by atoms with Crippen molar-refractivity contribution in [1.29, 1.82) is 0 Å². The van der Waals surface area contributed by atoms with Crippen molar-refractivity contribution in [3.05, 3.63) is 69.8 Å². The van der Waals surface area contributed by atoms with Crippen molar-refractivity contribution in [2.24, 2.45) is 5.73 Å². The lowest BCUT2D eigenvalue weighted by Crippen LogP contribution is -2.33. The Morgan fingerprint density at radius 1 is 1.11 bits per heavy atom. The van der Waals surface area contributed by atoms with E-state index in [2.05, 4.69) is 31.3 Å². The minimum absolute atomic E-state index is 0. The maximum Gasteiger partial charge on any atom is 0.269 e. The highest BCUT2D eigenvalue weighted by Gasteiger charge is 2.10. The van der Waals surface area contributed by atoms with E-state index in [9.17, 15) is 14.9 Å². The SMILES string of the molecule is CC(C)c1ccc(C(N)CNC(=O)CSc2ccc([N+](=O)[O-])cc2)cc1.Cl. The fourth-order valence-electron chi connectivity index (χ4n) is 2.33. The molecule has 1 amide bonds. The highest BCUT2D eigenvalue weighted by atomic mass is 35.5. The van der Waals surface area contributed by atoms with Gasteiger partial charge in [0.2, 0.25) is 5.91 Å². The van der Waals surface area contributed by atoms with Gasteiger partial charge in [0.05, 0.1) is 10.7 Å². The first-order valence-electron chi connectivity index (χ1n) is 8.36. The number of nitro benzene ring substituents is 1. The Hall–Kier alpha value is -2.09. The van der Waals surface area contributed by atoms with Crippen LogP contribution in [0.5, 0.6) is 0 Å². The third kappa shape index (κ3) is 7.21. The van der Waals surface area contributed by atoms with E-state index in [4.69, 9.17) is 5.73 Å². The van der Waals surface area contributed by atoms with Crippen LogP contribution in [-0.4, -0.2) is 23.1 Å². The van der Waals surface area contributed by atoms with Crippen LogP contribution in [0.4, 0.5) is 5.69 Å². The zero-order valence-electron chi connectivity index (χ0n) is 15.3. The second-order valence-corrected chi connectivity index (χ2v) is 7.32. The Balaban J connectivity index is 0.00000364. The average Bonchev–Trinajstić information content (AvgIpc) is 2.64. The van der Waals surface area contributed by atoms with Gasteiger partial charge in [0.1, 0.15) is 0 Å². The van der Waals surface area contributed by atoms with Crippen molar-refractivity contribution in [2.45, 2.75) is 30.7 Å². The van der Waals surface area contributed by atoms with Gasteiger partial charge in [-0.3, -0.25) is 14.9 Å². The van der Waals surface area contributed by atoms with Crippen LogP contribution >= 0.6 is 24.2 Å². The summed E-state index contributed by atoms with van der Waals surface area (Å²) < 4.78 is 0. The molecule has 0 saturated carbocycles. The van der Waals surface area contributed by atoms with Crippen LogP contribution in [0.3, 0.4) is 0 Å². The van der Waals surface area contributed by atoms with Crippen LogP contribution < -0.4 is 11.1 Å². The number of benzene rings is 2. The molecular formula is C19H24ClN3O3S. The van der Waals surface area contributed by atoms with Gasteiger partial charge in [0, 0.05) is 29.6 Å². The third-order valence-electron chi connectivity index (χ3n) is 3.97. The van der Waals surface area contributed by atoms with Crippen molar-refractivity contribution >= 4 is 35.8 Å². The van der Waals surface area contributed by atoms with Crippen LogP contribution in [-0.2, 0) is 4.79 Å². The van der Waals surface area contributed by atoms with Gasteiger partial charge in [-0.25, -0.2) is 0 Å². The number of halogens is 1. The van der Waals surface area contributed by atoms with Crippen LogP contribution in [0.1, 0.15) is 36.9 Å². The molecule has 8 heteroatoms. The fraction of sp³-hybridized carbons (Fsp3) is 0.316. The lowest BCUT2D eigenvalue weighted by atomic mass is 9.99. The largest absolute Gasteiger partial charge is 0.353 e. The molecule has 2 aromatic carbocycles. The number of rotatable bonds is 8. The zero-order valence-corrected chi connectivity index (χ0v) is 16.9. The normalized spacial score (nSPS) is 11.6. The molecular weight excluding hydrogens is 386 g/mol. The molecule has 27 heavy (non-hydrogen) atoms. The number of nitro groups is 1. The van der Waals surface area contributed by atoms with Gasteiger partial charge in [-0.2, -0.15) is 0 Å². The molecule has 146 valence electrons. The molecule has 0 bridgehead atoms. The van der Waals surface area contributed by atoms with Gasteiger partial charge in [0.25, 0.3) is 5.69 Å². The van der Waals surface area contributed by atoms with Gasteiger partial charge in [-0.15, -0.1) is 24.2 Å². The molecule has 2 aromatic rings. The number of non-ortho nitro benzene ring substituents is 1. The van der Waals surface area contributed by atoms with Crippen LogP contribution in [0, 0.1) is 10.1 Å². The van der Waals surface area contributed by atoms with E-state index in [0.29, 0.717) is 12.5 Å². The van der Waals surface area contributed by atoms with E-state index < -0.39 is 4.92 Å². The van der Waals surface area contributed by atoms with E-state index in [0.717, 1.165) is 10.5 Å². The van der Waals surface area contributed by atoms with Gasteiger partial charge in [-0.1, -0.05) is 38.1 Å². The Morgan fingerprint density at radius 2 is 1.67 bits per heavy atom. The molecule has 0 aromatic heterocycles. The molecule has 6 nitrogen and oxygen atoms in total. The molecule has 1 unspecified atom stereocenters. The predicted octanol–water partition coefficient (Wildman–Crippen LogP) is 4.05. The first kappa shape index (κ1) is 23.0. The number of nitrogens with zero attached hydrogens (tertiary/aromatic N) is 1. The first-order chi connectivity index (χ1) is 12.4. The summed E-state index contributed by atoms with van der Waals surface area (Å²) in [6.07, 6.45) is 0. The summed E-state index contributed by atoms with van der Waals surface area (Å²) in [5.74, 6) is 0.579. The number of nitrogens with two attached hydrogens (primary N) is 1. The lowest BCUT2D eigenvalue weighted by Gasteiger charge is -2.14. The second-order valence-electron chi connectivity index (χ2n) is 6.27. The number of thioether (sulfide) groups is 1. The summed E-state index contributed by atoms with van der Waals surface area (Å²) in [4.78, 5) is 23.0. The van der Waals surface area contributed by atoms with Crippen molar-refractivity contribution in [3.8, 4) is 0 Å². The second kappa shape index (κ2) is 10.9. The van der Waals surface area contributed by atoms with Gasteiger partial charge >= 0.3 is 0 Å². The molecule has 0 fully saturated rings. The third-order valence-corrected chi connectivity index (χ3v) is 4.98. The smallest absolute Gasteiger partial charge is 0.269 e. The quantitative estimate of drug-likeness (QED) is 0.389. The lowest BCUT2D eigenvalue weighted by molar-refractivity contribution is -0.384. The van der Waals surface area contributed by atoms with E-state index in [1.807, 2.05) is 12.1 Å². The average molecular weight is 410 g/mol. The summed E-state index contributed by atoms with van der Waals surface area (Å²) in [7, 11) is 0. The highest BCUT2D eigenvalue weighted by molar-refractivity contribution is 8.00. The standard InChI is InChI=1S/C19H23N3O3S.ClH/c1-13(2)14-3-5-15(6-4-14)18(20)11-21-19(23)12-26-17-9-7-16(8-10-17)22(24)25;/h3-10,13,18H,11-12,20H2,1-2H3,(H,21,23);1H. The van der Waals surface area contributed by atoms with Gasteiger partial charge in [0.15, 0.2) is 0 Å². The van der Waals surface area contributed by atoms with Gasteiger partial charge in [-0.05, 0) is 29.2 Å². The number of hydrogen-bond acceptors (Lipinski definition) is 5. The molecule has 0 aliphatic heterocycles. The summed E-state index contributed by atoms with van der Waals surface area (Å²) in [5.41, 5.74) is 8.41. The molecule has 0 aliphatic rings. The summed E-state index contributed by atoms with van der Waals surface area (Å²) in [5, 5.41) is 13.4. The molecule has 0 heterocycles. The molecule has 2 rings (SSSR count). The molecule has 0 saturated heterocycles. The summed E-state index contributed by atoms with van der Waals surface area (Å²) >= 11 is 1.33. The van der Waals surface area contributed by atoms with E-state index in [-0.39, 0.29) is 35.8 Å².